The molecule has 142 valence electrons. The van der Waals surface area contributed by atoms with E-state index in [0.717, 1.165) is 11.1 Å². The summed E-state index contributed by atoms with van der Waals surface area (Å²) in [6.45, 7) is 5.38. The Morgan fingerprint density at radius 1 is 1.00 bits per heavy atom. The van der Waals surface area contributed by atoms with Crippen LogP contribution in [0.15, 0.2) is 60.7 Å². The number of hydrogen-bond donors (Lipinski definition) is 0. The molecule has 0 aromatic heterocycles. The number of rotatable bonds is 2. The number of cyclic esters (lactones) is 1. The molecule has 5 nitrogen and oxygen atoms in total. The zero-order chi connectivity index (χ0) is 19.6. The maximum atomic E-state index is 13.0. The Morgan fingerprint density at radius 3 is 2.04 bits per heavy atom. The van der Waals surface area contributed by atoms with E-state index >= 15 is 0 Å². The predicted molar refractivity (Wildman–Crippen MR) is 105 cm³/mol. The number of amides is 1. The first-order valence-electron chi connectivity index (χ1n) is 8.74. The van der Waals surface area contributed by atoms with Gasteiger partial charge in [-0.05, 0) is 31.9 Å². The van der Waals surface area contributed by atoms with Crippen LogP contribution in [0.5, 0.6) is 0 Å². The quantitative estimate of drug-likeness (QED) is 0.382. The molecule has 6 heteroatoms. The first kappa shape index (κ1) is 19.4. The third kappa shape index (κ3) is 4.33. The minimum absolute atomic E-state index is 0.523. The van der Waals surface area contributed by atoms with Crippen molar-refractivity contribution in [3.63, 3.8) is 0 Å². The average molecular weight is 432 g/mol. The van der Waals surface area contributed by atoms with Gasteiger partial charge in [0.15, 0.2) is 11.1 Å². The molecule has 1 aliphatic heterocycles. The molecule has 0 saturated carbocycles. The third-order valence-electron chi connectivity index (χ3n) is 4.14. The molecule has 1 saturated heterocycles. The van der Waals surface area contributed by atoms with E-state index in [2.05, 4.69) is 15.9 Å². The van der Waals surface area contributed by atoms with Crippen molar-refractivity contribution in [1.82, 2.24) is 4.90 Å². The molecule has 0 bridgehead atoms. The van der Waals surface area contributed by atoms with Gasteiger partial charge in [-0.2, -0.15) is 0 Å². The van der Waals surface area contributed by atoms with Crippen LogP contribution in [0, 0.1) is 0 Å². The number of esters is 1. The number of benzene rings is 2. The fraction of sp³-hybridized carbons (Fsp3) is 0.333. The van der Waals surface area contributed by atoms with Crippen LogP contribution in [0.4, 0.5) is 4.79 Å². The van der Waals surface area contributed by atoms with E-state index in [0.29, 0.717) is 0 Å². The van der Waals surface area contributed by atoms with Crippen molar-refractivity contribution in [3.8, 4) is 0 Å². The average Bonchev–Trinajstić information content (AvgIpc) is 2.63. The number of ether oxygens (including phenoxy) is 2. The summed E-state index contributed by atoms with van der Waals surface area (Å²) in [5.41, 5.74) is 0.982. The second-order valence-electron chi connectivity index (χ2n) is 7.35. The van der Waals surface area contributed by atoms with Crippen molar-refractivity contribution in [1.29, 1.82) is 0 Å². The number of carbonyl (C=O) groups is 2. The summed E-state index contributed by atoms with van der Waals surface area (Å²) in [4.78, 5) is 26.0. The summed E-state index contributed by atoms with van der Waals surface area (Å²) in [6.07, 6.45) is -1.21. The molecular weight excluding hydrogens is 410 g/mol. The highest BCUT2D eigenvalue weighted by atomic mass is 79.9. The molecule has 1 heterocycles. The van der Waals surface area contributed by atoms with Crippen LogP contribution in [0.3, 0.4) is 0 Å². The number of alkyl halides is 1. The van der Waals surface area contributed by atoms with Crippen molar-refractivity contribution < 1.29 is 19.1 Å². The Morgan fingerprint density at radius 2 is 1.52 bits per heavy atom. The molecule has 2 aromatic rings. The van der Waals surface area contributed by atoms with Crippen LogP contribution < -0.4 is 0 Å². The summed E-state index contributed by atoms with van der Waals surface area (Å²) in [5.74, 6) is -0.526. The van der Waals surface area contributed by atoms with Crippen molar-refractivity contribution >= 4 is 28.0 Å². The highest BCUT2D eigenvalue weighted by molar-refractivity contribution is 9.09. The Labute approximate surface area is 167 Å². The number of halogens is 1. The largest absolute Gasteiger partial charge is 0.453 e. The maximum Gasteiger partial charge on any atom is 0.412 e. The SMILES string of the molecule is CC(C)(C)OC(=O)N1[C@H](Br)C(=O)O[C@@H](c2ccccc2)[C@H]1c1ccccc1. The lowest BCUT2D eigenvalue weighted by Crippen LogP contribution is -2.52. The van der Waals surface area contributed by atoms with Crippen molar-refractivity contribution in [2.24, 2.45) is 0 Å². The first-order chi connectivity index (χ1) is 12.8. The van der Waals surface area contributed by atoms with Crippen LogP contribution in [0.2, 0.25) is 0 Å². The lowest BCUT2D eigenvalue weighted by Gasteiger charge is -2.43. The Hall–Kier alpha value is -2.34. The highest BCUT2D eigenvalue weighted by Gasteiger charge is 2.48. The van der Waals surface area contributed by atoms with E-state index in [1.807, 2.05) is 60.7 Å². The standard InChI is InChI=1S/C21H22BrNO4/c1-21(2,3)27-20(25)23-16(14-10-6-4-7-11-14)17(26-19(24)18(23)22)15-12-8-5-9-13-15/h4-13,16-18H,1-3H3/t16-,17+,18+/m1/s1. The second kappa shape index (κ2) is 7.72. The van der Waals surface area contributed by atoms with Gasteiger partial charge in [0.2, 0.25) is 0 Å². The van der Waals surface area contributed by atoms with E-state index in [9.17, 15) is 9.59 Å². The fourth-order valence-corrected chi connectivity index (χ4v) is 3.58. The monoisotopic (exact) mass is 431 g/mol. The minimum atomic E-state index is -0.933. The van der Waals surface area contributed by atoms with Crippen LogP contribution in [-0.2, 0) is 14.3 Å². The van der Waals surface area contributed by atoms with E-state index in [1.165, 1.54) is 4.90 Å². The highest BCUT2D eigenvalue weighted by Crippen LogP contribution is 2.43. The Balaban J connectivity index is 2.09. The molecule has 1 amide bonds. The second-order valence-corrected chi connectivity index (χ2v) is 8.21. The summed E-state index contributed by atoms with van der Waals surface area (Å²) in [5, 5.41) is 0. The van der Waals surface area contributed by atoms with Gasteiger partial charge in [0.05, 0.1) is 0 Å². The van der Waals surface area contributed by atoms with Gasteiger partial charge in [-0.1, -0.05) is 76.6 Å². The molecule has 3 atom stereocenters. The van der Waals surface area contributed by atoms with Crippen molar-refractivity contribution in [2.75, 3.05) is 0 Å². The van der Waals surface area contributed by atoms with E-state index < -0.39 is 34.8 Å². The lowest BCUT2D eigenvalue weighted by atomic mass is 9.93. The number of hydrogen-bond acceptors (Lipinski definition) is 4. The summed E-state index contributed by atoms with van der Waals surface area (Å²) in [7, 11) is 0. The van der Waals surface area contributed by atoms with Crippen molar-refractivity contribution in [2.45, 2.75) is 43.5 Å². The minimum Gasteiger partial charge on any atom is -0.453 e. The summed E-state index contributed by atoms with van der Waals surface area (Å²) >= 11 is 3.32. The third-order valence-corrected chi connectivity index (χ3v) is 4.96. The topological polar surface area (TPSA) is 55.8 Å². The molecule has 0 N–H and O–H groups in total. The molecule has 27 heavy (non-hydrogen) atoms. The van der Waals surface area contributed by atoms with Crippen LogP contribution in [0.1, 0.15) is 44.0 Å². The van der Waals surface area contributed by atoms with Gasteiger partial charge in [-0.3, -0.25) is 4.90 Å². The number of carbonyl (C=O) groups excluding carboxylic acids is 2. The maximum absolute atomic E-state index is 13.0. The molecule has 1 aliphatic rings. The van der Waals surface area contributed by atoms with E-state index in [-0.39, 0.29) is 0 Å². The summed E-state index contributed by atoms with van der Waals surface area (Å²) in [6, 6.07) is 18.4. The molecular formula is C21H22BrNO4. The molecule has 0 unspecified atom stereocenters. The normalized spacial score (nSPS) is 22.9. The molecule has 0 spiro atoms. The lowest BCUT2D eigenvalue weighted by molar-refractivity contribution is -0.167. The van der Waals surface area contributed by atoms with Gasteiger partial charge in [0, 0.05) is 0 Å². The van der Waals surface area contributed by atoms with Gasteiger partial charge in [-0.15, -0.1) is 0 Å². The van der Waals surface area contributed by atoms with Gasteiger partial charge < -0.3 is 9.47 Å². The first-order valence-corrected chi connectivity index (χ1v) is 9.65. The van der Waals surface area contributed by atoms with E-state index in [1.54, 1.807) is 20.8 Å². The van der Waals surface area contributed by atoms with E-state index in [4.69, 9.17) is 9.47 Å². The van der Waals surface area contributed by atoms with Crippen LogP contribution >= 0.6 is 15.9 Å². The zero-order valence-electron chi connectivity index (χ0n) is 15.5. The number of nitrogens with zero attached hydrogens (tertiary/aromatic N) is 1. The zero-order valence-corrected chi connectivity index (χ0v) is 17.0. The van der Waals surface area contributed by atoms with Crippen molar-refractivity contribution in [3.05, 3.63) is 71.8 Å². The van der Waals surface area contributed by atoms with Gasteiger partial charge >= 0.3 is 12.1 Å². The Bertz CT molecular complexity index is 804. The molecule has 3 rings (SSSR count). The molecule has 1 fully saturated rings. The molecule has 0 radical (unpaired) electrons. The fourth-order valence-electron chi connectivity index (χ4n) is 3.05. The van der Waals surface area contributed by atoms with Crippen LogP contribution in [0.25, 0.3) is 0 Å². The predicted octanol–water partition coefficient (Wildman–Crippen LogP) is 4.98. The number of morpholine rings is 1. The van der Waals surface area contributed by atoms with Crippen LogP contribution in [-0.4, -0.2) is 27.5 Å². The smallest absolute Gasteiger partial charge is 0.412 e. The molecule has 2 aromatic carbocycles. The van der Waals surface area contributed by atoms with Gasteiger partial charge in [-0.25, -0.2) is 9.59 Å². The van der Waals surface area contributed by atoms with Gasteiger partial charge in [0.1, 0.15) is 11.6 Å². The summed E-state index contributed by atoms with van der Waals surface area (Å²) < 4.78 is 11.3. The molecule has 0 aliphatic carbocycles. The Kier molecular flexibility index (Phi) is 5.56. The van der Waals surface area contributed by atoms with Gasteiger partial charge in [0.25, 0.3) is 0 Å².